The molecule has 0 spiro atoms. The van der Waals surface area contributed by atoms with Crippen LogP contribution in [0.5, 0.6) is 0 Å². The molecule has 0 fully saturated rings. The molecule has 0 amide bonds. The Morgan fingerprint density at radius 2 is 2.00 bits per heavy atom. The van der Waals surface area contributed by atoms with Gasteiger partial charge in [-0.05, 0) is 26.7 Å². The summed E-state index contributed by atoms with van der Waals surface area (Å²) in [6.07, 6.45) is 12.0. The highest BCUT2D eigenvalue weighted by Crippen LogP contribution is 2.07. The van der Waals surface area contributed by atoms with Gasteiger partial charge in [-0.1, -0.05) is 23.3 Å². The quantitative estimate of drug-likeness (QED) is 0.507. The van der Waals surface area contributed by atoms with Crippen molar-refractivity contribution in [3.05, 3.63) is 23.3 Å². The monoisotopic (exact) mass is 178 g/mol. The van der Waals surface area contributed by atoms with Crippen LogP contribution in [0.2, 0.25) is 0 Å². The van der Waals surface area contributed by atoms with E-state index >= 15 is 0 Å². The van der Waals surface area contributed by atoms with Gasteiger partial charge in [-0.3, -0.25) is 0 Å². The molecule has 0 unspecified atom stereocenters. The van der Waals surface area contributed by atoms with Crippen LogP contribution in [0.3, 0.4) is 0 Å². The maximum absolute atomic E-state index is 8.73. The SMILES string of the molecule is C#CC/C=C(\C)CC/C=C(\C)CO. The van der Waals surface area contributed by atoms with Crippen LogP contribution in [0.15, 0.2) is 23.3 Å². The Kier molecular flexibility index (Phi) is 7.05. The maximum Gasteiger partial charge on any atom is 0.0639 e. The van der Waals surface area contributed by atoms with Crippen molar-refractivity contribution in [2.45, 2.75) is 33.1 Å². The Labute approximate surface area is 81.2 Å². The smallest absolute Gasteiger partial charge is 0.0639 e. The van der Waals surface area contributed by atoms with Crippen LogP contribution in [0.25, 0.3) is 0 Å². The zero-order valence-corrected chi connectivity index (χ0v) is 8.51. The first kappa shape index (κ1) is 12.0. The molecule has 0 aliphatic heterocycles. The third-order valence-electron chi connectivity index (χ3n) is 1.85. The summed E-state index contributed by atoms with van der Waals surface area (Å²) >= 11 is 0. The Balaban J connectivity index is 3.71. The molecule has 0 aromatic rings. The summed E-state index contributed by atoms with van der Waals surface area (Å²) in [5.74, 6) is 2.58. The number of allylic oxidation sites excluding steroid dienone is 3. The van der Waals surface area contributed by atoms with E-state index in [1.54, 1.807) is 0 Å². The Hall–Kier alpha value is -1.00. The van der Waals surface area contributed by atoms with Crippen molar-refractivity contribution in [1.29, 1.82) is 0 Å². The first-order chi connectivity index (χ1) is 6.20. The molecule has 0 heterocycles. The highest BCUT2D eigenvalue weighted by atomic mass is 16.3. The summed E-state index contributed by atoms with van der Waals surface area (Å²) in [4.78, 5) is 0. The van der Waals surface area contributed by atoms with Crippen molar-refractivity contribution in [2.24, 2.45) is 0 Å². The standard InChI is InChI=1S/C12H18O/c1-4-5-7-11(2)8-6-9-12(3)10-13/h1,7,9,13H,5-6,8,10H2,2-3H3/b11-7+,12-9+. The lowest BCUT2D eigenvalue weighted by Gasteiger charge is -1.98. The van der Waals surface area contributed by atoms with Gasteiger partial charge in [0.15, 0.2) is 0 Å². The second kappa shape index (κ2) is 7.64. The predicted octanol–water partition coefficient (Wildman–Crippen LogP) is 2.67. The van der Waals surface area contributed by atoms with Crippen LogP contribution in [0.4, 0.5) is 0 Å². The van der Waals surface area contributed by atoms with Crippen LogP contribution < -0.4 is 0 Å². The van der Waals surface area contributed by atoms with Gasteiger partial charge in [-0.15, -0.1) is 12.3 Å². The fourth-order valence-corrected chi connectivity index (χ4v) is 0.946. The van der Waals surface area contributed by atoms with Crippen LogP contribution >= 0.6 is 0 Å². The van der Waals surface area contributed by atoms with Crippen molar-refractivity contribution in [1.82, 2.24) is 0 Å². The van der Waals surface area contributed by atoms with Gasteiger partial charge in [0.2, 0.25) is 0 Å². The van der Waals surface area contributed by atoms with Crippen molar-refractivity contribution in [3.8, 4) is 12.3 Å². The third kappa shape index (κ3) is 7.36. The van der Waals surface area contributed by atoms with E-state index in [0.717, 1.165) is 18.4 Å². The van der Waals surface area contributed by atoms with Gasteiger partial charge in [-0.2, -0.15) is 0 Å². The normalized spacial score (nSPS) is 12.8. The van der Waals surface area contributed by atoms with Crippen molar-refractivity contribution in [3.63, 3.8) is 0 Å². The summed E-state index contributed by atoms with van der Waals surface area (Å²) in [7, 11) is 0. The summed E-state index contributed by atoms with van der Waals surface area (Å²) in [6.45, 7) is 4.17. The first-order valence-electron chi connectivity index (χ1n) is 4.56. The van der Waals surface area contributed by atoms with Crippen LogP contribution in [0.1, 0.15) is 33.1 Å². The molecule has 13 heavy (non-hydrogen) atoms. The maximum atomic E-state index is 8.73. The second-order valence-electron chi connectivity index (χ2n) is 3.21. The lowest BCUT2D eigenvalue weighted by molar-refractivity contribution is 0.331. The zero-order valence-electron chi connectivity index (χ0n) is 8.51. The van der Waals surface area contributed by atoms with Crippen LogP contribution in [-0.2, 0) is 0 Å². The third-order valence-corrected chi connectivity index (χ3v) is 1.85. The Morgan fingerprint density at radius 3 is 2.54 bits per heavy atom. The Morgan fingerprint density at radius 1 is 1.31 bits per heavy atom. The van der Waals surface area contributed by atoms with E-state index in [9.17, 15) is 0 Å². The van der Waals surface area contributed by atoms with E-state index in [-0.39, 0.29) is 6.61 Å². The molecule has 0 aliphatic carbocycles. The van der Waals surface area contributed by atoms with E-state index in [2.05, 4.69) is 25.0 Å². The molecule has 0 saturated heterocycles. The number of aliphatic hydroxyl groups is 1. The number of hydrogen-bond donors (Lipinski definition) is 1. The molecule has 0 atom stereocenters. The summed E-state index contributed by atoms with van der Waals surface area (Å²) in [6, 6.07) is 0. The highest BCUT2D eigenvalue weighted by Gasteiger charge is 1.88. The molecule has 0 rings (SSSR count). The minimum atomic E-state index is 0.160. The van der Waals surface area contributed by atoms with E-state index in [4.69, 9.17) is 11.5 Å². The lowest BCUT2D eigenvalue weighted by Crippen LogP contribution is -1.84. The average Bonchev–Trinajstić information content (AvgIpc) is 2.14. The zero-order chi connectivity index (χ0) is 10.1. The van der Waals surface area contributed by atoms with Crippen molar-refractivity contribution < 1.29 is 5.11 Å². The second-order valence-corrected chi connectivity index (χ2v) is 3.21. The summed E-state index contributed by atoms with van der Waals surface area (Å²) in [5.41, 5.74) is 2.35. The fourth-order valence-electron chi connectivity index (χ4n) is 0.946. The van der Waals surface area contributed by atoms with Gasteiger partial charge < -0.3 is 5.11 Å². The minimum Gasteiger partial charge on any atom is -0.392 e. The first-order valence-corrected chi connectivity index (χ1v) is 4.56. The van der Waals surface area contributed by atoms with Crippen LogP contribution in [0, 0.1) is 12.3 Å². The lowest BCUT2D eigenvalue weighted by atomic mass is 10.1. The number of terminal acetylenes is 1. The number of aliphatic hydroxyl groups excluding tert-OH is 1. The van der Waals surface area contributed by atoms with Crippen LogP contribution in [-0.4, -0.2) is 11.7 Å². The van der Waals surface area contributed by atoms with Gasteiger partial charge >= 0.3 is 0 Å². The minimum absolute atomic E-state index is 0.160. The molecule has 0 aliphatic rings. The average molecular weight is 178 g/mol. The molecule has 0 bridgehead atoms. The molecule has 0 saturated carbocycles. The topological polar surface area (TPSA) is 20.2 Å². The molecule has 1 N–H and O–H groups in total. The van der Waals surface area contributed by atoms with E-state index < -0.39 is 0 Å². The molecular formula is C12H18O. The van der Waals surface area contributed by atoms with E-state index in [1.807, 2.05) is 6.92 Å². The predicted molar refractivity (Wildman–Crippen MR) is 57.3 cm³/mol. The van der Waals surface area contributed by atoms with E-state index in [0.29, 0.717) is 6.42 Å². The van der Waals surface area contributed by atoms with Crippen molar-refractivity contribution in [2.75, 3.05) is 6.61 Å². The number of rotatable bonds is 5. The molecular weight excluding hydrogens is 160 g/mol. The number of hydrogen-bond acceptors (Lipinski definition) is 1. The molecule has 1 heteroatoms. The summed E-state index contributed by atoms with van der Waals surface area (Å²) < 4.78 is 0. The van der Waals surface area contributed by atoms with Gasteiger partial charge in [0, 0.05) is 6.42 Å². The molecule has 1 nitrogen and oxygen atoms in total. The van der Waals surface area contributed by atoms with Gasteiger partial charge in [-0.25, -0.2) is 0 Å². The molecule has 0 radical (unpaired) electrons. The fraction of sp³-hybridized carbons (Fsp3) is 0.500. The van der Waals surface area contributed by atoms with E-state index in [1.165, 1.54) is 5.57 Å². The molecule has 72 valence electrons. The van der Waals surface area contributed by atoms with Gasteiger partial charge in [0.25, 0.3) is 0 Å². The molecule has 0 aromatic carbocycles. The largest absolute Gasteiger partial charge is 0.392 e. The van der Waals surface area contributed by atoms with Gasteiger partial charge in [0.1, 0.15) is 0 Å². The van der Waals surface area contributed by atoms with Gasteiger partial charge in [0.05, 0.1) is 6.61 Å². The highest BCUT2D eigenvalue weighted by molar-refractivity contribution is 5.07. The molecule has 0 aromatic heterocycles. The summed E-state index contributed by atoms with van der Waals surface area (Å²) in [5, 5.41) is 8.73. The Bertz CT molecular complexity index is 228. The van der Waals surface area contributed by atoms with Crippen molar-refractivity contribution >= 4 is 0 Å².